The maximum Gasteiger partial charge on any atom is 0.220 e. The average Bonchev–Trinajstić information content (AvgIpc) is 2.29. The van der Waals surface area contributed by atoms with E-state index in [0.717, 1.165) is 16.5 Å². The van der Waals surface area contributed by atoms with Crippen molar-refractivity contribution in [2.24, 2.45) is 0 Å². The van der Waals surface area contributed by atoms with E-state index in [0.29, 0.717) is 6.54 Å². The van der Waals surface area contributed by atoms with Crippen molar-refractivity contribution in [2.75, 3.05) is 18.4 Å². The molecule has 0 bridgehead atoms. The molecule has 0 saturated carbocycles. The Hall–Kier alpha value is -2.10. The van der Waals surface area contributed by atoms with Crippen LogP contribution < -0.4 is 5.32 Å². The Morgan fingerprint density at radius 1 is 1.12 bits per heavy atom. The van der Waals surface area contributed by atoms with E-state index in [1.165, 1.54) is 0 Å². The minimum atomic E-state index is -0.321. The summed E-state index contributed by atoms with van der Waals surface area (Å²) in [5.74, 6) is 0. The molecule has 16 heavy (non-hydrogen) atoms. The molecule has 0 aliphatic heterocycles. The first-order valence-corrected chi connectivity index (χ1v) is 5.11. The summed E-state index contributed by atoms with van der Waals surface area (Å²) in [6.45, 7) is 0.282. The van der Waals surface area contributed by atoms with Crippen LogP contribution in [0, 0.1) is 10.1 Å². The number of hydrogen-bond acceptors (Lipinski definition) is 3. The first kappa shape index (κ1) is 10.4. The molecule has 0 amide bonds. The fraction of sp³-hybridized carbons (Fsp3) is 0.167. The number of rotatable bonds is 4. The number of fused-ring (bicyclic) bond motifs is 1. The summed E-state index contributed by atoms with van der Waals surface area (Å²) in [6, 6.07) is 13.9. The highest BCUT2D eigenvalue weighted by Crippen LogP contribution is 2.22. The molecule has 2 rings (SSSR count). The van der Waals surface area contributed by atoms with Gasteiger partial charge in [-0.15, -0.1) is 0 Å². The van der Waals surface area contributed by atoms with Crippen LogP contribution in [0.25, 0.3) is 10.8 Å². The third kappa shape index (κ3) is 2.28. The molecule has 82 valence electrons. The Morgan fingerprint density at radius 3 is 2.69 bits per heavy atom. The van der Waals surface area contributed by atoms with Gasteiger partial charge in [0.1, 0.15) is 0 Å². The lowest BCUT2D eigenvalue weighted by Gasteiger charge is -2.07. The van der Waals surface area contributed by atoms with E-state index in [2.05, 4.69) is 5.32 Å². The lowest BCUT2D eigenvalue weighted by atomic mass is 10.1. The molecule has 0 heterocycles. The predicted octanol–water partition coefficient (Wildman–Crippen LogP) is 2.53. The number of anilines is 1. The van der Waals surface area contributed by atoms with Crippen molar-refractivity contribution >= 4 is 16.5 Å². The molecule has 0 aromatic heterocycles. The van der Waals surface area contributed by atoms with E-state index in [1.807, 2.05) is 42.5 Å². The topological polar surface area (TPSA) is 55.2 Å². The van der Waals surface area contributed by atoms with Gasteiger partial charge in [0.05, 0.1) is 6.54 Å². The van der Waals surface area contributed by atoms with Gasteiger partial charge in [0.2, 0.25) is 6.54 Å². The maximum absolute atomic E-state index is 10.2. The molecule has 2 aromatic rings. The number of nitro groups is 1. The zero-order valence-corrected chi connectivity index (χ0v) is 8.72. The minimum Gasteiger partial charge on any atom is -0.378 e. The summed E-state index contributed by atoms with van der Waals surface area (Å²) in [5, 5.41) is 15.5. The van der Waals surface area contributed by atoms with Gasteiger partial charge in [-0.2, -0.15) is 0 Å². The summed E-state index contributed by atoms with van der Waals surface area (Å²) in [6.07, 6.45) is 0. The van der Waals surface area contributed by atoms with Crippen LogP contribution in [-0.4, -0.2) is 18.0 Å². The average molecular weight is 216 g/mol. The van der Waals surface area contributed by atoms with Crippen LogP contribution in [0.4, 0.5) is 5.69 Å². The molecule has 0 aliphatic carbocycles. The van der Waals surface area contributed by atoms with Crippen molar-refractivity contribution in [3.63, 3.8) is 0 Å². The van der Waals surface area contributed by atoms with Crippen molar-refractivity contribution in [3.8, 4) is 0 Å². The van der Waals surface area contributed by atoms with Gasteiger partial charge in [-0.05, 0) is 11.5 Å². The highest BCUT2D eigenvalue weighted by molar-refractivity contribution is 5.93. The normalized spacial score (nSPS) is 10.2. The van der Waals surface area contributed by atoms with E-state index >= 15 is 0 Å². The molecule has 0 fully saturated rings. The SMILES string of the molecule is O=[N+]([O-])CCNc1cccc2ccccc12. The Balaban J connectivity index is 2.20. The van der Waals surface area contributed by atoms with Crippen LogP contribution in [0.3, 0.4) is 0 Å². The fourth-order valence-corrected chi connectivity index (χ4v) is 1.66. The van der Waals surface area contributed by atoms with Gasteiger partial charge < -0.3 is 5.32 Å². The van der Waals surface area contributed by atoms with Crippen LogP contribution in [0.1, 0.15) is 0 Å². The molecule has 0 atom stereocenters. The van der Waals surface area contributed by atoms with Crippen LogP contribution in [0.5, 0.6) is 0 Å². The molecule has 0 radical (unpaired) electrons. The first-order chi connectivity index (χ1) is 7.77. The molecule has 0 unspecified atom stereocenters. The van der Waals surface area contributed by atoms with Crippen LogP contribution >= 0.6 is 0 Å². The summed E-state index contributed by atoms with van der Waals surface area (Å²) in [5.41, 5.74) is 0.944. The Labute approximate surface area is 93.0 Å². The third-order valence-corrected chi connectivity index (χ3v) is 2.40. The maximum atomic E-state index is 10.2. The monoisotopic (exact) mass is 216 g/mol. The molecule has 4 heteroatoms. The van der Waals surface area contributed by atoms with Gasteiger partial charge in [-0.3, -0.25) is 10.1 Å². The zero-order chi connectivity index (χ0) is 11.4. The van der Waals surface area contributed by atoms with Crippen LogP contribution in [-0.2, 0) is 0 Å². The molecular formula is C12H12N2O2. The minimum absolute atomic E-state index is 0.0662. The summed E-state index contributed by atoms with van der Waals surface area (Å²) in [4.78, 5) is 9.90. The van der Waals surface area contributed by atoms with Crippen molar-refractivity contribution in [3.05, 3.63) is 52.6 Å². The summed E-state index contributed by atoms with van der Waals surface area (Å²) >= 11 is 0. The smallest absolute Gasteiger partial charge is 0.220 e. The highest BCUT2D eigenvalue weighted by Gasteiger charge is 2.01. The Kier molecular flexibility index (Phi) is 3.00. The van der Waals surface area contributed by atoms with Crippen molar-refractivity contribution in [2.45, 2.75) is 0 Å². The van der Waals surface area contributed by atoms with Gasteiger partial charge in [0.25, 0.3) is 0 Å². The molecule has 4 nitrogen and oxygen atoms in total. The molecule has 0 saturated heterocycles. The van der Waals surface area contributed by atoms with Crippen molar-refractivity contribution in [1.29, 1.82) is 0 Å². The van der Waals surface area contributed by atoms with Crippen molar-refractivity contribution < 1.29 is 4.92 Å². The number of hydrogen-bond donors (Lipinski definition) is 1. The lowest BCUT2D eigenvalue weighted by molar-refractivity contribution is -0.476. The quantitative estimate of drug-likeness (QED) is 0.631. The Morgan fingerprint density at radius 2 is 1.88 bits per heavy atom. The predicted molar refractivity (Wildman–Crippen MR) is 64.3 cm³/mol. The number of nitrogens with zero attached hydrogens (tertiary/aromatic N) is 1. The lowest BCUT2D eigenvalue weighted by Crippen LogP contribution is -2.13. The van der Waals surface area contributed by atoms with Gasteiger partial charge in [-0.25, -0.2) is 0 Å². The van der Waals surface area contributed by atoms with Gasteiger partial charge in [-0.1, -0.05) is 36.4 Å². The van der Waals surface area contributed by atoms with Gasteiger partial charge in [0, 0.05) is 16.0 Å². The van der Waals surface area contributed by atoms with Gasteiger partial charge in [0.15, 0.2) is 0 Å². The largest absolute Gasteiger partial charge is 0.378 e. The second kappa shape index (κ2) is 4.61. The van der Waals surface area contributed by atoms with Crippen LogP contribution in [0.2, 0.25) is 0 Å². The fourth-order valence-electron chi connectivity index (χ4n) is 1.66. The first-order valence-electron chi connectivity index (χ1n) is 5.11. The molecular weight excluding hydrogens is 204 g/mol. The van der Waals surface area contributed by atoms with E-state index in [9.17, 15) is 10.1 Å². The zero-order valence-electron chi connectivity index (χ0n) is 8.72. The molecule has 0 aliphatic rings. The Bertz CT molecular complexity index is 506. The second-order valence-electron chi connectivity index (χ2n) is 3.51. The molecule has 1 N–H and O–H groups in total. The highest BCUT2D eigenvalue weighted by atomic mass is 16.6. The second-order valence-corrected chi connectivity index (χ2v) is 3.51. The van der Waals surface area contributed by atoms with E-state index in [-0.39, 0.29) is 11.5 Å². The van der Waals surface area contributed by atoms with E-state index < -0.39 is 0 Å². The molecule has 0 spiro atoms. The number of nitrogens with one attached hydrogen (secondary N) is 1. The molecule has 2 aromatic carbocycles. The van der Waals surface area contributed by atoms with E-state index in [1.54, 1.807) is 0 Å². The number of benzene rings is 2. The van der Waals surface area contributed by atoms with E-state index in [4.69, 9.17) is 0 Å². The van der Waals surface area contributed by atoms with Crippen LogP contribution in [0.15, 0.2) is 42.5 Å². The van der Waals surface area contributed by atoms with Gasteiger partial charge >= 0.3 is 0 Å². The third-order valence-electron chi connectivity index (χ3n) is 2.40. The van der Waals surface area contributed by atoms with Crippen molar-refractivity contribution in [1.82, 2.24) is 0 Å². The summed E-state index contributed by atoms with van der Waals surface area (Å²) in [7, 11) is 0. The standard InChI is InChI=1S/C12H12N2O2/c15-14(16)9-8-13-12-7-3-5-10-4-1-2-6-11(10)12/h1-7,13H,8-9H2. The summed E-state index contributed by atoms with van der Waals surface area (Å²) < 4.78 is 0.